The zero-order valence-electron chi connectivity index (χ0n) is 11.7. The van der Waals surface area contributed by atoms with Gasteiger partial charge >= 0.3 is 0 Å². The molecule has 0 unspecified atom stereocenters. The van der Waals surface area contributed by atoms with Gasteiger partial charge in [0.25, 0.3) is 5.91 Å². The number of carbonyl (C=O) groups excluding carboxylic acids is 1. The number of nitrogens with one attached hydrogen (secondary N) is 2. The molecular formula is C15H16N4O. The van der Waals surface area contributed by atoms with Crippen LogP contribution in [0.3, 0.4) is 0 Å². The Kier molecular flexibility index (Phi) is 3.57. The molecule has 2 aromatic rings. The van der Waals surface area contributed by atoms with Gasteiger partial charge in [0.1, 0.15) is 0 Å². The van der Waals surface area contributed by atoms with Crippen LogP contribution in [0.5, 0.6) is 0 Å². The zero-order chi connectivity index (χ0) is 14.8. The molecule has 0 atom stereocenters. The molecule has 1 amide bonds. The van der Waals surface area contributed by atoms with Gasteiger partial charge in [-0.2, -0.15) is 10.4 Å². The molecule has 0 aliphatic heterocycles. The van der Waals surface area contributed by atoms with Gasteiger partial charge in [0.15, 0.2) is 5.82 Å². The molecule has 0 aliphatic rings. The first-order valence-corrected chi connectivity index (χ1v) is 6.27. The van der Waals surface area contributed by atoms with Crippen LogP contribution < -0.4 is 5.32 Å². The van der Waals surface area contributed by atoms with E-state index in [9.17, 15) is 4.79 Å². The van der Waals surface area contributed by atoms with Crippen molar-refractivity contribution < 1.29 is 4.79 Å². The third-order valence-corrected chi connectivity index (χ3v) is 2.90. The molecule has 2 rings (SSSR count). The molecule has 0 fully saturated rings. The van der Waals surface area contributed by atoms with Crippen molar-refractivity contribution >= 4 is 11.7 Å². The summed E-state index contributed by atoms with van der Waals surface area (Å²) in [5.74, 6) is 0.241. The quantitative estimate of drug-likeness (QED) is 0.878. The number of carbonyl (C=O) groups is 1. The van der Waals surface area contributed by atoms with Crippen LogP contribution in [-0.2, 0) is 5.41 Å². The predicted molar refractivity (Wildman–Crippen MR) is 76.4 cm³/mol. The van der Waals surface area contributed by atoms with Gasteiger partial charge in [0, 0.05) is 22.7 Å². The minimum Gasteiger partial charge on any atom is -0.305 e. The number of hydrogen-bond acceptors (Lipinski definition) is 3. The highest BCUT2D eigenvalue weighted by Gasteiger charge is 2.17. The van der Waals surface area contributed by atoms with E-state index in [0.29, 0.717) is 16.9 Å². The minimum atomic E-state index is -0.249. The lowest BCUT2D eigenvalue weighted by Crippen LogP contribution is -2.12. The van der Waals surface area contributed by atoms with E-state index in [2.05, 4.69) is 36.3 Å². The normalized spacial score (nSPS) is 10.9. The van der Waals surface area contributed by atoms with Gasteiger partial charge in [-0.05, 0) is 24.3 Å². The van der Waals surface area contributed by atoms with Crippen molar-refractivity contribution in [3.05, 3.63) is 47.2 Å². The first-order chi connectivity index (χ1) is 9.40. The van der Waals surface area contributed by atoms with Crippen molar-refractivity contribution in [2.75, 3.05) is 5.32 Å². The number of amides is 1. The molecule has 1 aromatic heterocycles. The van der Waals surface area contributed by atoms with Crippen LogP contribution in [0.25, 0.3) is 0 Å². The maximum Gasteiger partial charge on any atom is 0.256 e. The summed E-state index contributed by atoms with van der Waals surface area (Å²) in [5.41, 5.74) is 1.91. The van der Waals surface area contributed by atoms with E-state index in [0.717, 1.165) is 5.69 Å². The average Bonchev–Trinajstić information content (AvgIpc) is 2.87. The molecule has 0 saturated carbocycles. The zero-order valence-corrected chi connectivity index (χ0v) is 11.7. The number of aromatic amines is 1. The lowest BCUT2D eigenvalue weighted by molar-refractivity contribution is 0.102. The van der Waals surface area contributed by atoms with E-state index in [-0.39, 0.29) is 11.3 Å². The molecule has 0 bridgehead atoms. The minimum absolute atomic E-state index is 0.0512. The molecule has 5 nitrogen and oxygen atoms in total. The van der Waals surface area contributed by atoms with Crippen LogP contribution in [0.1, 0.15) is 42.4 Å². The first kappa shape index (κ1) is 13.8. The molecule has 5 heteroatoms. The lowest BCUT2D eigenvalue weighted by atomic mass is 9.92. The SMILES string of the molecule is CC(C)(C)c1cc(NC(=O)c2ccc(C#N)cc2)n[nH]1. The Morgan fingerprint density at radius 1 is 1.30 bits per heavy atom. The molecule has 20 heavy (non-hydrogen) atoms. The summed E-state index contributed by atoms with van der Waals surface area (Å²) in [6.07, 6.45) is 0. The van der Waals surface area contributed by atoms with Gasteiger partial charge in [-0.15, -0.1) is 0 Å². The maximum atomic E-state index is 12.0. The number of nitrogens with zero attached hydrogens (tertiary/aromatic N) is 2. The molecule has 102 valence electrons. The van der Waals surface area contributed by atoms with Gasteiger partial charge in [-0.3, -0.25) is 9.89 Å². The van der Waals surface area contributed by atoms with Crippen molar-refractivity contribution in [2.24, 2.45) is 0 Å². The van der Waals surface area contributed by atoms with Crippen molar-refractivity contribution in [1.29, 1.82) is 5.26 Å². The smallest absolute Gasteiger partial charge is 0.256 e. The third kappa shape index (κ3) is 3.04. The summed E-state index contributed by atoms with van der Waals surface area (Å²) in [4.78, 5) is 12.0. The van der Waals surface area contributed by atoms with Crippen LogP contribution >= 0.6 is 0 Å². The van der Waals surface area contributed by atoms with Crippen molar-refractivity contribution in [1.82, 2.24) is 10.2 Å². The fraction of sp³-hybridized carbons (Fsp3) is 0.267. The van der Waals surface area contributed by atoms with Gasteiger partial charge in [-0.1, -0.05) is 20.8 Å². The fourth-order valence-electron chi connectivity index (χ4n) is 1.65. The number of aromatic nitrogens is 2. The van der Waals surface area contributed by atoms with Crippen molar-refractivity contribution in [3.8, 4) is 6.07 Å². The van der Waals surface area contributed by atoms with Crippen LogP contribution in [0.15, 0.2) is 30.3 Å². The van der Waals surface area contributed by atoms with Gasteiger partial charge in [0.2, 0.25) is 0 Å². The molecule has 1 aromatic carbocycles. The molecular weight excluding hydrogens is 252 g/mol. The highest BCUT2D eigenvalue weighted by atomic mass is 16.1. The van der Waals surface area contributed by atoms with E-state index in [1.54, 1.807) is 24.3 Å². The summed E-state index contributed by atoms with van der Waals surface area (Å²) < 4.78 is 0. The summed E-state index contributed by atoms with van der Waals surface area (Å²) in [6, 6.07) is 10.3. The second-order valence-corrected chi connectivity index (χ2v) is 5.56. The van der Waals surface area contributed by atoms with E-state index in [4.69, 9.17) is 5.26 Å². The lowest BCUT2D eigenvalue weighted by Gasteiger charge is -2.14. The summed E-state index contributed by atoms with van der Waals surface area (Å²) >= 11 is 0. The Morgan fingerprint density at radius 3 is 2.45 bits per heavy atom. The third-order valence-electron chi connectivity index (χ3n) is 2.90. The van der Waals surface area contributed by atoms with E-state index in [1.807, 2.05) is 12.1 Å². The molecule has 1 heterocycles. The number of anilines is 1. The molecule has 0 saturated heterocycles. The monoisotopic (exact) mass is 268 g/mol. The van der Waals surface area contributed by atoms with E-state index < -0.39 is 0 Å². The van der Waals surface area contributed by atoms with E-state index >= 15 is 0 Å². The topological polar surface area (TPSA) is 81.6 Å². The Hall–Kier alpha value is -2.61. The van der Waals surface area contributed by atoms with Crippen molar-refractivity contribution in [3.63, 3.8) is 0 Å². The molecule has 0 aliphatic carbocycles. The second-order valence-electron chi connectivity index (χ2n) is 5.56. The Labute approximate surface area is 117 Å². The number of H-pyrrole nitrogens is 1. The predicted octanol–water partition coefficient (Wildman–Crippen LogP) is 2.83. The van der Waals surface area contributed by atoms with Crippen LogP contribution in [0.2, 0.25) is 0 Å². The van der Waals surface area contributed by atoms with Gasteiger partial charge in [0.05, 0.1) is 11.6 Å². The largest absolute Gasteiger partial charge is 0.305 e. The van der Waals surface area contributed by atoms with Crippen LogP contribution in [0.4, 0.5) is 5.82 Å². The Morgan fingerprint density at radius 2 is 1.95 bits per heavy atom. The highest BCUT2D eigenvalue weighted by Crippen LogP contribution is 2.22. The van der Waals surface area contributed by atoms with Crippen molar-refractivity contribution in [2.45, 2.75) is 26.2 Å². The van der Waals surface area contributed by atoms with Crippen LogP contribution in [0, 0.1) is 11.3 Å². The number of nitriles is 1. The Balaban J connectivity index is 2.11. The molecule has 0 spiro atoms. The summed E-state index contributed by atoms with van der Waals surface area (Å²) in [6.45, 7) is 6.19. The van der Waals surface area contributed by atoms with Gasteiger partial charge in [-0.25, -0.2) is 0 Å². The molecule has 2 N–H and O–H groups in total. The standard InChI is InChI=1S/C15H16N4O/c1-15(2,3)12-8-13(19-18-12)17-14(20)11-6-4-10(9-16)5-7-11/h4-8H,1-3H3,(H2,17,18,19,20). The average molecular weight is 268 g/mol. The first-order valence-electron chi connectivity index (χ1n) is 6.27. The second kappa shape index (κ2) is 5.17. The number of rotatable bonds is 2. The Bertz CT molecular complexity index is 656. The van der Waals surface area contributed by atoms with Crippen LogP contribution in [-0.4, -0.2) is 16.1 Å². The van der Waals surface area contributed by atoms with E-state index in [1.165, 1.54) is 0 Å². The summed E-state index contributed by atoms with van der Waals surface area (Å²) in [5, 5.41) is 18.4. The number of hydrogen-bond donors (Lipinski definition) is 2. The summed E-state index contributed by atoms with van der Waals surface area (Å²) in [7, 11) is 0. The number of benzene rings is 1. The van der Waals surface area contributed by atoms with Gasteiger partial charge < -0.3 is 5.32 Å². The maximum absolute atomic E-state index is 12.0. The molecule has 0 radical (unpaired) electrons. The highest BCUT2D eigenvalue weighted by molar-refractivity contribution is 6.03. The fourth-order valence-corrected chi connectivity index (χ4v) is 1.65.